The van der Waals surface area contributed by atoms with Gasteiger partial charge in [-0.15, -0.1) is 0 Å². The molecule has 1 heterocycles. The molecule has 0 aliphatic heterocycles. The Morgan fingerprint density at radius 1 is 1.35 bits per heavy atom. The fraction of sp³-hybridized carbons (Fsp3) is 0.700. The van der Waals surface area contributed by atoms with E-state index in [1.807, 2.05) is 13.8 Å². The standard InChI is InChI=1S/C10H18N2O3S2/c1-5-12(6-2)17(14,15)10-9(13)8(7(3)4)11-16-10/h7,13H,5-6H2,1-4H3. The van der Waals surface area contributed by atoms with Crippen molar-refractivity contribution in [3.05, 3.63) is 5.69 Å². The Hall–Kier alpha value is -0.660. The monoisotopic (exact) mass is 278 g/mol. The van der Waals surface area contributed by atoms with Crippen LogP contribution in [0.3, 0.4) is 0 Å². The topological polar surface area (TPSA) is 70.5 Å². The van der Waals surface area contributed by atoms with Crippen LogP contribution in [-0.4, -0.2) is 35.3 Å². The van der Waals surface area contributed by atoms with Crippen molar-refractivity contribution >= 4 is 21.6 Å². The summed E-state index contributed by atoms with van der Waals surface area (Å²) in [6.07, 6.45) is 0. The maximum Gasteiger partial charge on any atom is 0.257 e. The van der Waals surface area contributed by atoms with Crippen LogP contribution in [0.15, 0.2) is 4.21 Å². The van der Waals surface area contributed by atoms with Crippen LogP contribution in [-0.2, 0) is 10.0 Å². The van der Waals surface area contributed by atoms with Crippen molar-refractivity contribution < 1.29 is 13.5 Å². The zero-order chi connectivity index (χ0) is 13.2. The molecular weight excluding hydrogens is 260 g/mol. The molecule has 0 amide bonds. The molecule has 0 bridgehead atoms. The largest absolute Gasteiger partial charge is 0.504 e. The van der Waals surface area contributed by atoms with Gasteiger partial charge in [0.15, 0.2) is 9.96 Å². The lowest BCUT2D eigenvalue weighted by Crippen LogP contribution is -2.30. The summed E-state index contributed by atoms with van der Waals surface area (Å²) < 4.78 is 29.7. The lowest BCUT2D eigenvalue weighted by Gasteiger charge is -2.16. The summed E-state index contributed by atoms with van der Waals surface area (Å²) in [5.41, 5.74) is 0.445. The van der Waals surface area contributed by atoms with Crippen LogP contribution in [0.5, 0.6) is 5.75 Å². The average molecular weight is 278 g/mol. The highest BCUT2D eigenvalue weighted by atomic mass is 32.2. The molecule has 1 aromatic rings. The molecule has 5 nitrogen and oxygen atoms in total. The molecule has 0 fully saturated rings. The highest BCUT2D eigenvalue weighted by molar-refractivity contribution is 7.91. The van der Waals surface area contributed by atoms with Gasteiger partial charge in [0.2, 0.25) is 0 Å². The first kappa shape index (κ1) is 14.4. The Balaban J connectivity index is 3.25. The van der Waals surface area contributed by atoms with E-state index in [4.69, 9.17) is 0 Å². The molecule has 0 saturated carbocycles. The minimum atomic E-state index is -3.61. The maximum absolute atomic E-state index is 12.2. The third kappa shape index (κ3) is 2.61. The summed E-state index contributed by atoms with van der Waals surface area (Å²) in [7, 11) is -3.61. The molecule has 0 radical (unpaired) electrons. The van der Waals surface area contributed by atoms with Crippen molar-refractivity contribution in [2.45, 2.75) is 37.8 Å². The molecular formula is C10H18N2O3S2. The minimum Gasteiger partial charge on any atom is -0.504 e. The molecule has 0 atom stereocenters. The molecule has 1 N–H and O–H groups in total. The second-order valence-corrected chi connectivity index (χ2v) is 6.85. The van der Waals surface area contributed by atoms with Gasteiger partial charge in [0, 0.05) is 19.0 Å². The molecule has 17 heavy (non-hydrogen) atoms. The van der Waals surface area contributed by atoms with E-state index in [0.29, 0.717) is 18.8 Å². The fourth-order valence-electron chi connectivity index (χ4n) is 1.51. The van der Waals surface area contributed by atoms with Gasteiger partial charge in [-0.3, -0.25) is 0 Å². The SMILES string of the molecule is CCN(CC)S(=O)(=O)c1snc(C(C)C)c1O. The van der Waals surface area contributed by atoms with E-state index in [1.54, 1.807) is 13.8 Å². The van der Waals surface area contributed by atoms with Crippen LogP contribution < -0.4 is 0 Å². The number of aromatic nitrogens is 1. The first-order valence-corrected chi connectivity index (χ1v) is 7.76. The van der Waals surface area contributed by atoms with Crippen molar-refractivity contribution in [1.82, 2.24) is 8.68 Å². The van der Waals surface area contributed by atoms with Crippen molar-refractivity contribution in [2.24, 2.45) is 0 Å². The maximum atomic E-state index is 12.2. The van der Waals surface area contributed by atoms with Crippen LogP contribution in [0.25, 0.3) is 0 Å². The highest BCUT2D eigenvalue weighted by Crippen LogP contribution is 2.36. The van der Waals surface area contributed by atoms with Crippen LogP contribution >= 0.6 is 11.5 Å². The van der Waals surface area contributed by atoms with Gasteiger partial charge in [0.05, 0.1) is 5.69 Å². The molecule has 0 unspecified atom stereocenters. The van der Waals surface area contributed by atoms with Gasteiger partial charge in [0.25, 0.3) is 10.0 Å². The van der Waals surface area contributed by atoms with Gasteiger partial charge in [0.1, 0.15) is 0 Å². The predicted octanol–water partition coefficient (Wildman–Crippen LogP) is 2.00. The molecule has 1 aromatic heterocycles. The van der Waals surface area contributed by atoms with E-state index < -0.39 is 10.0 Å². The number of nitrogens with zero attached hydrogens (tertiary/aromatic N) is 2. The second-order valence-electron chi connectivity index (χ2n) is 3.95. The van der Waals surface area contributed by atoms with Crippen molar-refractivity contribution in [3.63, 3.8) is 0 Å². The van der Waals surface area contributed by atoms with E-state index in [-0.39, 0.29) is 15.9 Å². The lowest BCUT2D eigenvalue weighted by atomic mass is 10.1. The molecule has 1 rings (SSSR count). The van der Waals surface area contributed by atoms with Crippen LogP contribution in [0.1, 0.15) is 39.3 Å². The number of rotatable bonds is 5. The van der Waals surface area contributed by atoms with Crippen LogP contribution in [0.2, 0.25) is 0 Å². The van der Waals surface area contributed by atoms with Gasteiger partial charge >= 0.3 is 0 Å². The Morgan fingerprint density at radius 3 is 2.24 bits per heavy atom. The lowest BCUT2D eigenvalue weighted by molar-refractivity contribution is 0.429. The molecule has 0 aliphatic rings. The third-order valence-electron chi connectivity index (χ3n) is 2.49. The molecule has 98 valence electrons. The van der Waals surface area contributed by atoms with E-state index in [1.165, 1.54) is 4.31 Å². The average Bonchev–Trinajstić information content (AvgIpc) is 2.62. The summed E-state index contributed by atoms with van der Waals surface area (Å²) in [5, 5.41) is 9.92. The van der Waals surface area contributed by atoms with Gasteiger partial charge in [-0.2, -0.15) is 8.68 Å². The number of hydrogen-bond acceptors (Lipinski definition) is 5. The Morgan fingerprint density at radius 2 is 1.88 bits per heavy atom. The molecule has 0 aliphatic carbocycles. The van der Waals surface area contributed by atoms with Crippen molar-refractivity contribution in [2.75, 3.05) is 13.1 Å². The fourth-order valence-corrected chi connectivity index (χ4v) is 4.25. The van der Waals surface area contributed by atoms with Gasteiger partial charge in [-0.1, -0.05) is 27.7 Å². The number of sulfonamides is 1. The van der Waals surface area contributed by atoms with Gasteiger partial charge < -0.3 is 5.11 Å². The summed E-state index contributed by atoms with van der Waals surface area (Å²) in [6.45, 7) is 8.02. The van der Waals surface area contributed by atoms with Gasteiger partial charge in [-0.05, 0) is 11.5 Å². The van der Waals surface area contributed by atoms with Crippen molar-refractivity contribution in [3.8, 4) is 5.75 Å². The Labute approximate surface area is 106 Å². The zero-order valence-electron chi connectivity index (χ0n) is 10.5. The highest BCUT2D eigenvalue weighted by Gasteiger charge is 2.30. The Kier molecular flexibility index (Phi) is 4.51. The molecule has 0 aromatic carbocycles. The third-order valence-corrected chi connectivity index (χ3v) is 5.85. The quantitative estimate of drug-likeness (QED) is 0.894. The summed E-state index contributed by atoms with van der Waals surface area (Å²) in [4.78, 5) is 0. The predicted molar refractivity (Wildman–Crippen MR) is 68.0 cm³/mol. The summed E-state index contributed by atoms with van der Waals surface area (Å²) >= 11 is 0.841. The normalized spacial score (nSPS) is 12.6. The van der Waals surface area contributed by atoms with E-state index in [2.05, 4.69) is 4.37 Å². The first-order chi connectivity index (χ1) is 7.86. The number of aromatic hydroxyl groups is 1. The van der Waals surface area contributed by atoms with E-state index >= 15 is 0 Å². The minimum absolute atomic E-state index is 0.00639. The summed E-state index contributed by atoms with van der Waals surface area (Å²) in [6, 6.07) is 0. The smallest absolute Gasteiger partial charge is 0.257 e. The first-order valence-electron chi connectivity index (χ1n) is 5.54. The second kappa shape index (κ2) is 5.32. The van der Waals surface area contributed by atoms with Crippen LogP contribution in [0.4, 0.5) is 0 Å². The summed E-state index contributed by atoms with van der Waals surface area (Å²) in [5.74, 6) is -0.191. The van der Waals surface area contributed by atoms with E-state index in [0.717, 1.165) is 11.5 Å². The molecule has 0 saturated heterocycles. The van der Waals surface area contributed by atoms with Crippen molar-refractivity contribution in [1.29, 1.82) is 0 Å². The number of hydrogen-bond donors (Lipinski definition) is 1. The molecule has 7 heteroatoms. The van der Waals surface area contributed by atoms with Crippen LogP contribution in [0, 0.1) is 0 Å². The molecule has 0 spiro atoms. The zero-order valence-corrected chi connectivity index (χ0v) is 12.1. The van der Waals surface area contributed by atoms with Gasteiger partial charge in [-0.25, -0.2) is 8.42 Å². The Bertz CT molecular complexity index is 476. The van der Waals surface area contributed by atoms with E-state index in [9.17, 15) is 13.5 Å².